The molecular formula is C116H158. The van der Waals surface area contributed by atoms with Gasteiger partial charge in [-0.1, -0.05) is 441 Å². The van der Waals surface area contributed by atoms with Gasteiger partial charge in [0.2, 0.25) is 0 Å². The zero-order chi connectivity index (χ0) is 87.2. The first-order chi connectivity index (χ1) is 54.8. The highest BCUT2D eigenvalue weighted by atomic mass is 14.2. The van der Waals surface area contributed by atoms with Gasteiger partial charge in [0.25, 0.3) is 0 Å². The van der Waals surface area contributed by atoms with Crippen molar-refractivity contribution in [1.29, 1.82) is 0 Å². The highest BCUT2D eigenvalue weighted by molar-refractivity contribution is 5.71. The van der Waals surface area contributed by atoms with Crippen LogP contribution in [0.5, 0.6) is 0 Å². The summed E-state index contributed by atoms with van der Waals surface area (Å²) in [5.74, 6) is 2.12. The molecule has 0 saturated heterocycles. The van der Waals surface area contributed by atoms with E-state index in [0.717, 1.165) is 5.92 Å². The lowest BCUT2D eigenvalue weighted by Crippen LogP contribution is -2.10. The highest BCUT2D eigenvalue weighted by Crippen LogP contribution is 2.30. The van der Waals surface area contributed by atoms with Crippen molar-refractivity contribution in [3.8, 4) is 22.3 Å². The second kappa shape index (κ2) is 55.3. The molecule has 0 heterocycles. The van der Waals surface area contributed by atoms with Crippen LogP contribution in [-0.2, 0) is 24.7 Å². The first kappa shape index (κ1) is 103. The number of hydrogen-bond donors (Lipinski definition) is 0. The molecule has 12 aromatic carbocycles. The Morgan fingerprint density at radius 3 is 0.862 bits per heavy atom. The van der Waals surface area contributed by atoms with Crippen LogP contribution in [0.15, 0.2) is 255 Å². The van der Waals surface area contributed by atoms with Crippen LogP contribution in [0.3, 0.4) is 0 Å². The Hall–Kier alpha value is -9.36. The molecular weight excluding hydrogens is 1390 g/mol. The number of unbranched alkanes of at least 4 members (excludes halogenated alkanes) is 1. The topological polar surface area (TPSA) is 0 Å². The second-order valence-corrected chi connectivity index (χ2v) is 34.4. The summed E-state index contributed by atoms with van der Waals surface area (Å²) in [5.41, 5.74) is 41.3. The third-order valence-corrected chi connectivity index (χ3v) is 20.3. The van der Waals surface area contributed by atoms with Crippen molar-refractivity contribution in [1.82, 2.24) is 0 Å². The second-order valence-electron chi connectivity index (χ2n) is 34.4. The van der Waals surface area contributed by atoms with Crippen LogP contribution in [0, 0.1) is 144 Å². The summed E-state index contributed by atoms with van der Waals surface area (Å²) in [7, 11) is 0. The Labute approximate surface area is 713 Å². The van der Waals surface area contributed by atoms with Gasteiger partial charge in [-0.25, -0.2) is 0 Å². The quantitative estimate of drug-likeness (QED) is 0.114. The largest absolute Gasteiger partial charge is 0.0683 e. The predicted molar refractivity (Wildman–Crippen MR) is 524 cm³/mol. The molecule has 116 heavy (non-hydrogen) atoms. The molecule has 12 aromatic rings. The monoisotopic (exact) mass is 1550 g/mol. The number of hydrogen-bond acceptors (Lipinski definition) is 0. The first-order valence-corrected chi connectivity index (χ1v) is 43.6. The van der Waals surface area contributed by atoms with Crippen LogP contribution in [-0.4, -0.2) is 0 Å². The van der Waals surface area contributed by atoms with E-state index in [-0.39, 0.29) is 5.41 Å². The molecule has 0 spiro atoms. The smallest absolute Gasteiger partial charge is 0.0125 e. The van der Waals surface area contributed by atoms with E-state index in [2.05, 4.69) is 469 Å². The summed E-state index contributed by atoms with van der Waals surface area (Å²) in [6.07, 6.45) is 8.69. The third kappa shape index (κ3) is 43.0. The molecule has 0 N–H and O–H groups in total. The van der Waals surface area contributed by atoms with Gasteiger partial charge in [0, 0.05) is 0 Å². The molecule has 0 heteroatoms. The van der Waals surface area contributed by atoms with Crippen molar-refractivity contribution in [2.45, 2.75) is 291 Å². The fraction of sp³-hybridized carbons (Fsp3) is 0.379. The average molecular weight is 1550 g/mol. The lowest BCUT2D eigenvalue weighted by Gasteiger charge is -2.18. The van der Waals surface area contributed by atoms with E-state index in [4.69, 9.17) is 0 Å². The SMILES string of the molecule is CC.CCC(C)c1ccc(C)cc1.CCCCc1ccc(C)cc1.CCCc1ccc(C)cc1.Cc1cc(C)c(C)c(C)c1.Cc1cc(C)cc(C)c1.Cc1ccc(-c2c(C)cc(C)cc2C)cc1.Cc1ccc(-c2cc(C)cc(C)c2)cc1.Cc1ccc(C(C)(C)C)cc1.Cc1ccc(C(C)C)cc1.Cc1ccc(CC(C)C)cc1. The van der Waals surface area contributed by atoms with Crippen LogP contribution in [0.4, 0.5) is 0 Å². The van der Waals surface area contributed by atoms with Gasteiger partial charge in [0.15, 0.2) is 0 Å². The third-order valence-electron chi connectivity index (χ3n) is 20.3. The molecule has 0 radical (unpaired) electrons. The Bertz CT molecular complexity index is 4480. The van der Waals surface area contributed by atoms with Gasteiger partial charge in [0.05, 0.1) is 0 Å². The van der Waals surface area contributed by atoms with Crippen LogP contribution >= 0.6 is 0 Å². The molecule has 1 unspecified atom stereocenters. The minimum absolute atomic E-state index is 0.285. The van der Waals surface area contributed by atoms with Crippen molar-refractivity contribution in [3.63, 3.8) is 0 Å². The molecule has 0 aliphatic carbocycles. The molecule has 0 aliphatic heterocycles. The average Bonchev–Trinajstić information content (AvgIpc) is 0.818. The van der Waals surface area contributed by atoms with Crippen LogP contribution in [0.1, 0.15) is 272 Å². The van der Waals surface area contributed by atoms with Crippen LogP contribution in [0.2, 0.25) is 0 Å². The van der Waals surface area contributed by atoms with Gasteiger partial charge in [0.1, 0.15) is 0 Å². The predicted octanol–water partition coefficient (Wildman–Crippen LogP) is 34.8. The lowest BCUT2D eigenvalue weighted by molar-refractivity contribution is 0.590. The van der Waals surface area contributed by atoms with Crippen molar-refractivity contribution in [2.75, 3.05) is 0 Å². The molecule has 622 valence electrons. The van der Waals surface area contributed by atoms with Crippen LogP contribution < -0.4 is 0 Å². The molecule has 0 aromatic heterocycles. The van der Waals surface area contributed by atoms with Gasteiger partial charge >= 0.3 is 0 Å². The molecule has 0 aliphatic rings. The molecule has 0 amide bonds. The Morgan fingerprint density at radius 2 is 0.543 bits per heavy atom. The first-order valence-electron chi connectivity index (χ1n) is 43.6. The van der Waals surface area contributed by atoms with Crippen molar-refractivity contribution >= 4 is 0 Å². The van der Waals surface area contributed by atoms with E-state index >= 15 is 0 Å². The zero-order valence-electron chi connectivity index (χ0n) is 79.4. The fourth-order valence-electron chi connectivity index (χ4n) is 13.2. The summed E-state index contributed by atoms with van der Waals surface area (Å²) in [6, 6.07) is 92.3. The molecule has 0 saturated carbocycles. The van der Waals surface area contributed by atoms with E-state index in [1.165, 1.54) is 212 Å². The highest BCUT2D eigenvalue weighted by Gasteiger charge is 2.12. The molecule has 1 atom stereocenters. The van der Waals surface area contributed by atoms with Gasteiger partial charge in [-0.05, 0) is 277 Å². The maximum Gasteiger partial charge on any atom is -0.0125 e. The maximum absolute atomic E-state index is 2.27. The van der Waals surface area contributed by atoms with Gasteiger partial charge in [-0.15, -0.1) is 0 Å². The van der Waals surface area contributed by atoms with E-state index in [9.17, 15) is 0 Å². The molecule has 0 fully saturated rings. The summed E-state index contributed by atoms with van der Waals surface area (Å²) in [6.45, 7) is 71.4. The standard InChI is InChI=1S/C16H18.C15H16.4C11H16.3C10H14.C9H12.C2H6/c1-11-5-7-15(8-6-11)16-13(3)9-12(2)10-14(16)4;1-11-4-6-14(7-5-11)15-9-12(2)8-13(3)10-15;1-9-5-7-10(8-6-9)11(2,3)4;1-9(2)8-11-6-4-10(3)5-7-11;1-4-10(3)11-7-5-9(2)6-8-11;1-3-4-5-11-8-6-10(2)7-9-11;1-7-5-8(2)10(4)9(3)6-7;1-8(2)10-6-4-9(3)5-7-10;1-3-4-10-7-5-9(2)6-8-10;1-7-4-8(2)6-9(3)5-7;1-2/h5-10H,1-4H3;4-10H,1-3H3;5-8H,1-4H3;4-7,9H,8H2,1-3H3;5-8,10H,4H2,1-3H3;6-9H,3-5H2,1-2H3;5-6H,1-4H3;4-8H,1-3H3;5-8H,3-4H2,1-2H3;4-6H,1-3H3;1-2H3. The van der Waals surface area contributed by atoms with Gasteiger partial charge in [-0.3, -0.25) is 0 Å². The summed E-state index contributed by atoms with van der Waals surface area (Å²) >= 11 is 0. The molecule has 12 rings (SSSR count). The zero-order valence-corrected chi connectivity index (χ0v) is 79.4. The minimum Gasteiger partial charge on any atom is -0.0683 e. The van der Waals surface area contributed by atoms with E-state index < -0.39 is 0 Å². The van der Waals surface area contributed by atoms with E-state index in [0.29, 0.717) is 11.8 Å². The Kier molecular flexibility index (Phi) is 49.0. The van der Waals surface area contributed by atoms with E-state index in [1.807, 2.05) is 13.8 Å². The Morgan fingerprint density at radius 1 is 0.259 bits per heavy atom. The number of rotatable bonds is 12. The lowest BCUT2D eigenvalue weighted by atomic mass is 9.87. The summed E-state index contributed by atoms with van der Waals surface area (Å²) in [4.78, 5) is 0. The van der Waals surface area contributed by atoms with Crippen molar-refractivity contribution < 1.29 is 0 Å². The fourth-order valence-corrected chi connectivity index (χ4v) is 13.2. The van der Waals surface area contributed by atoms with Crippen LogP contribution in [0.25, 0.3) is 22.3 Å². The number of aryl methyl sites for hydroxylation is 21. The number of benzene rings is 12. The van der Waals surface area contributed by atoms with Crippen molar-refractivity contribution in [2.24, 2.45) is 5.92 Å². The summed E-state index contributed by atoms with van der Waals surface area (Å²) in [5, 5.41) is 0. The Balaban J connectivity index is 0.000000438. The van der Waals surface area contributed by atoms with Gasteiger partial charge < -0.3 is 0 Å². The summed E-state index contributed by atoms with van der Waals surface area (Å²) < 4.78 is 0. The maximum atomic E-state index is 2.27. The van der Waals surface area contributed by atoms with Gasteiger partial charge in [-0.2, -0.15) is 0 Å². The minimum atomic E-state index is 0.285. The normalized spacial score (nSPS) is 10.5. The van der Waals surface area contributed by atoms with Crippen molar-refractivity contribution in [3.05, 3.63) is 399 Å². The molecule has 0 bridgehead atoms. The van der Waals surface area contributed by atoms with E-state index in [1.54, 1.807) is 0 Å². The molecule has 0 nitrogen and oxygen atoms in total.